The van der Waals surface area contributed by atoms with E-state index in [-0.39, 0.29) is 22.9 Å². The van der Waals surface area contributed by atoms with Crippen LogP contribution in [0.4, 0.5) is 0 Å². The van der Waals surface area contributed by atoms with Gasteiger partial charge in [0.1, 0.15) is 0 Å². The molecule has 1 fully saturated rings. The molecule has 5 nitrogen and oxygen atoms in total. The summed E-state index contributed by atoms with van der Waals surface area (Å²) < 4.78 is 32.2. The monoisotopic (exact) mass is 311 g/mol. The SMILES string of the molecule is CCC(=O)c1ccc(S(=O)(=O)N2CC(C)OC(C)C2)cc1. The summed E-state index contributed by atoms with van der Waals surface area (Å²) in [4.78, 5) is 11.8. The Morgan fingerprint density at radius 1 is 1.19 bits per heavy atom. The number of rotatable bonds is 4. The molecule has 116 valence electrons. The summed E-state index contributed by atoms with van der Waals surface area (Å²) in [5.41, 5.74) is 0.542. The van der Waals surface area contributed by atoms with Gasteiger partial charge in [-0.3, -0.25) is 4.79 Å². The topological polar surface area (TPSA) is 63.7 Å². The summed E-state index contributed by atoms with van der Waals surface area (Å²) in [5.74, 6) is 0.00700. The average molecular weight is 311 g/mol. The predicted molar refractivity (Wildman–Crippen MR) is 79.8 cm³/mol. The Balaban J connectivity index is 2.25. The Hall–Kier alpha value is -1.24. The lowest BCUT2D eigenvalue weighted by atomic mass is 10.1. The molecule has 6 heteroatoms. The maximum atomic E-state index is 12.6. The summed E-state index contributed by atoms with van der Waals surface area (Å²) in [6.07, 6.45) is 0.166. The van der Waals surface area contributed by atoms with Crippen LogP contribution in [0.2, 0.25) is 0 Å². The second kappa shape index (κ2) is 6.25. The van der Waals surface area contributed by atoms with Gasteiger partial charge in [-0.15, -0.1) is 0 Å². The molecule has 0 aromatic heterocycles. The van der Waals surface area contributed by atoms with E-state index in [0.717, 1.165) is 0 Å². The summed E-state index contributed by atoms with van der Waals surface area (Å²) in [6, 6.07) is 6.16. The van der Waals surface area contributed by atoms with E-state index in [1.807, 2.05) is 13.8 Å². The molecule has 0 N–H and O–H groups in total. The van der Waals surface area contributed by atoms with Crippen molar-refractivity contribution in [3.8, 4) is 0 Å². The highest BCUT2D eigenvalue weighted by molar-refractivity contribution is 7.89. The fourth-order valence-corrected chi connectivity index (χ4v) is 4.08. The molecule has 1 aromatic rings. The van der Waals surface area contributed by atoms with Crippen LogP contribution >= 0.6 is 0 Å². The first kappa shape index (κ1) is 16.1. The lowest BCUT2D eigenvalue weighted by molar-refractivity contribution is -0.0440. The van der Waals surface area contributed by atoms with E-state index in [9.17, 15) is 13.2 Å². The third-order valence-corrected chi connectivity index (χ3v) is 5.37. The predicted octanol–water partition coefficient (Wildman–Crippen LogP) is 2.08. The van der Waals surface area contributed by atoms with Crippen molar-refractivity contribution in [3.05, 3.63) is 29.8 Å². The Kier molecular flexibility index (Phi) is 4.81. The molecule has 1 aliphatic rings. The Bertz CT molecular complexity index is 599. The van der Waals surface area contributed by atoms with E-state index in [4.69, 9.17) is 4.74 Å². The zero-order chi connectivity index (χ0) is 15.6. The Morgan fingerprint density at radius 2 is 1.71 bits per heavy atom. The highest BCUT2D eigenvalue weighted by Crippen LogP contribution is 2.21. The number of carbonyl (C=O) groups is 1. The summed E-state index contributed by atoms with van der Waals surface area (Å²) in [5, 5.41) is 0. The van der Waals surface area contributed by atoms with Crippen molar-refractivity contribution in [1.29, 1.82) is 0 Å². The molecule has 2 unspecified atom stereocenters. The molecule has 2 atom stereocenters. The molecule has 0 bridgehead atoms. The van der Waals surface area contributed by atoms with Crippen LogP contribution in [0.15, 0.2) is 29.2 Å². The van der Waals surface area contributed by atoms with Crippen LogP contribution < -0.4 is 0 Å². The number of benzene rings is 1. The Labute approximate surface area is 126 Å². The second-order valence-electron chi connectivity index (χ2n) is 5.38. The number of carbonyl (C=O) groups excluding carboxylic acids is 1. The van der Waals surface area contributed by atoms with Gasteiger partial charge in [-0.25, -0.2) is 8.42 Å². The molecule has 21 heavy (non-hydrogen) atoms. The van der Waals surface area contributed by atoms with Crippen LogP contribution in [-0.4, -0.2) is 43.8 Å². The van der Waals surface area contributed by atoms with Crippen molar-refractivity contribution in [2.24, 2.45) is 0 Å². The van der Waals surface area contributed by atoms with Crippen LogP contribution in [0.1, 0.15) is 37.6 Å². The van der Waals surface area contributed by atoms with Crippen molar-refractivity contribution >= 4 is 15.8 Å². The van der Waals surface area contributed by atoms with Gasteiger partial charge in [0.15, 0.2) is 5.78 Å². The minimum Gasteiger partial charge on any atom is -0.373 e. The smallest absolute Gasteiger partial charge is 0.243 e. The van der Waals surface area contributed by atoms with Gasteiger partial charge >= 0.3 is 0 Å². The van der Waals surface area contributed by atoms with Gasteiger partial charge in [0.05, 0.1) is 17.1 Å². The molecule has 0 amide bonds. The van der Waals surface area contributed by atoms with Crippen molar-refractivity contribution in [2.75, 3.05) is 13.1 Å². The van der Waals surface area contributed by atoms with Gasteiger partial charge in [-0.1, -0.05) is 19.1 Å². The lowest BCUT2D eigenvalue weighted by Crippen LogP contribution is -2.48. The Morgan fingerprint density at radius 3 is 2.19 bits per heavy atom. The molecular formula is C15H21NO4S. The fraction of sp³-hybridized carbons (Fsp3) is 0.533. The molecule has 1 aromatic carbocycles. The summed E-state index contributed by atoms with van der Waals surface area (Å²) in [7, 11) is -3.54. The zero-order valence-electron chi connectivity index (χ0n) is 12.6. The lowest BCUT2D eigenvalue weighted by Gasteiger charge is -2.34. The highest BCUT2D eigenvalue weighted by atomic mass is 32.2. The van der Waals surface area contributed by atoms with Crippen molar-refractivity contribution in [1.82, 2.24) is 4.31 Å². The second-order valence-corrected chi connectivity index (χ2v) is 7.32. The maximum absolute atomic E-state index is 12.6. The molecule has 0 radical (unpaired) electrons. The van der Waals surface area contributed by atoms with Crippen molar-refractivity contribution < 1.29 is 17.9 Å². The average Bonchev–Trinajstić information content (AvgIpc) is 2.45. The molecule has 1 heterocycles. The number of Topliss-reactive ketones (excluding diaryl/α,β-unsaturated/α-hetero) is 1. The van der Waals surface area contributed by atoms with E-state index in [1.165, 1.54) is 16.4 Å². The number of sulfonamides is 1. The maximum Gasteiger partial charge on any atom is 0.243 e. The number of nitrogens with zero attached hydrogens (tertiary/aromatic N) is 1. The number of hydrogen-bond donors (Lipinski definition) is 0. The first-order valence-corrected chi connectivity index (χ1v) is 8.57. The molecule has 2 rings (SSSR count). The highest BCUT2D eigenvalue weighted by Gasteiger charge is 2.32. The van der Waals surface area contributed by atoms with E-state index in [0.29, 0.717) is 25.1 Å². The van der Waals surface area contributed by atoms with Crippen LogP contribution in [0.25, 0.3) is 0 Å². The first-order valence-electron chi connectivity index (χ1n) is 7.13. The van der Waals surface area contributed by atoms with Crippen LogP contribution in [0.3, 0.4) is 0 Å². The van der Waals surface area contributed by atoms with E-state index in [2.05, 4.69) is 0 Å². The van der Waals surface area contributed by atoms with Crippen LogP contribution in [0.5, 0.6) is 0 Å². The molecule has 0 saturated carbocycles. The molecule has 1 aliphatic heterocycles. The molecule has 0 aliphatic carbocycles. The number of ether oxygens (including phenoxy) is 1. The number of morpholine rings is 1. The van der Waals surface area contributed by atoms with Gasteiger partial charge in [0.2, 0.25) is 10.0 Å². The van der Waals surface area contributed by atoms with Gasteiger partial charge in [0.25, 0.3) is 0 Å². The zero-order valence-corrected chi connectivity index (χ0v) is 13.4. The van der Waals surface area contributed by atoms with Gasteiger partial charge < -0.3 is 4.74 Å². The molecule has 0 spiro atoms. The van der Waals surface area contributed by atoms with E-state index < -0.39 is 10.0 Å². The van der Waals surface area contributed by atoms with E-state index in [1.54, 1.807) is 19.1 Å². The van der Waals surface area contributed by atoms with Crippen LogP contribution in [0, 0.1) is 0 Å². The number of hydrogen-bond acceptors (Lipinski definition) is 4. The summed E-state index contributed by atoms with van der Waals surface area (Å²) in [6.45, 7) is 6.20. The van der Waals surface area contributed by atoms with Gasteiger partial charge in [0, 0.05) is 25.1 Å². The molecular weight excluding hydrogens is 290 g/mol. The third kappa shape index (κ3) is 3.51. The molecule has 1 saturated heterocycles. The van der Waals surface area contributed by atoms with Crippen molar-refractivity contribution in [3.63, 3.8) is 0 Å². The largest absolute Gasteiger partial charge is 0.373 e. The van der Waals surface area contributed by atoms with Gasteiger partial charge in [-0.05, 0) is 26.0 Å². The first-order chi connectivity index (χ1) is 9.84. The minimum atomic E-state index is -3.54. The third-order valence-electron chi connectivity index (χ3n) is 3.52. The number of ketones is 1. The van der Waals surface area contributed by atoms with Crippen molar-refractivity contribution in [2.45, 2.75) is 44.3 Å². The van der Waals surface area contributed by atoms with E-state index >= 15 is 0 Å². The minimum absolute atomic E-state index is 0.00700. The van der Waals surface area contributed by atoms with Gasteiger partial charge in [-0.2, -0.15) is 4.31 Å². The standard InChI is InChI=1S/C15H21NO4S/c1-4-15(17)13-5-7-14(8-6-13)21(18,19)16-9-11(2)20-12(3)10-16/h5-8,11-12H,4,9-10H2,1-3H3. The van der Waals surface area contributed by atoms with Crippen LogP contribution in [-0.2, 0) is 14.8 Å². The quantitative estimate of drug-likeness (QED) is 0.799. The fourth-order valence-electron chi connectivity index (χ4n) is 2.49. The summed E-state index contributed by atoms with van der Waals surface area (Å²) >= 11 is 0. The normalized spacial score (nSPS) is 24.0.